The number of carbonyl (C=O) groups excluding carboxylic acids is 2. The molecule has 0 bridgehead atoms. The first-order chi connectivity index (χ1) is 18.0. The van der Waals surface area contributed by atoms with Gasteiger partial charge in [-0.1, -0.05) is 50.7 Å². The Morgan fingerprint density at radius 2 is 1.21 bits per heavy atom. The Morgan fingerprint density at radius 1 is 0.744 bits per heavy atom. The van der Waals surface area contributed by atoms with E-state index in [0.717, 1.165) is 68.9 Å². The van der Waals surface area contributed by atoms with Gasteiger partial charge in [-0.05, 0) is 103 Å². The lowest BCUT2D eigenvalue weighted by atomic mass is 9.81. The van der Waals surface area contributed by atoms with Gasteiger partial charge in [0, 0.05) is 0 Å². The molecule has 8 heteroatoms. The molecule has 1 aromatic carbocycles. The molecule has 0 heterocycles. The number of hydrogen-bond donors (Lipinski definition) is 0. The molecule has 1 aromatic rings. The van der Waals surface area contributed by atoms with Crippen molar-refractivity contribution < 1.29 is 31.7 Å². The molecule has 2 saturated carbocycles. The van der Waals surface area contributed by atoms with Crippen molar-refractivity contribution in [1.29, 1.82) is 0 Å². The van der Waals surface area contributed by atoms with E-state index in [0.29, 0.717) is 5.92 Å². The Kier molecular flexibility index (Phi) is 9.96. The molecule has 2 aliphatic carbocycles. The van der Waals surface area contributed by atoms with E-state index < -0.39 is 45.3 Å². The molecule has 2 fully saturated rings. The second kappa shape index (κ2) is 12.3. The van der Waals surface area contributed by atoms with Crippen molar-refractivity contribution >= 4 is 22.1 Å². The SMILES string of the molecule is CC(C)(C)OC(=O)C(C)(COS(=O)(=O)c1cc(C2CCCCC2)ccc1C1CCCCC1)C(=O)OC(C)(C)C. The summed E-state index contributed by atoms with van der Waals surface area (Å²) in [5, 5.41) is 0. The summed E-state index contributed by atoms with van der Waals surface area (Å²) >= 11 is 0. The molecular weight excluding hydrogens is 516 g/mol. The molecule has 0 N–H and O–H groups in total. The predicted octanol–water partition coefficient (Wildman–Crippen LogP) is 7.18. The Labute approximate surface area is 235 Å². The monoisotopic (exact) mass is 564 g/mol. The molecule has 7 nitrogen and oxygen atoms in total. The zero-order valence-electron chi connectivity index (χ0n) is 24.9. The summed E-state index contributed by atoms with van der Waals surface area (Å²) in [5.41, 5.74) is -1.97. The van der Waals surface area contributed by atoms with Crippen LogP contribution in [0.15, 0.2) is 23.1 Å². The third-order valence-electron chi connectivity index (χ3n) is 7.63. The van der Waals surface area contributed by atoms with Crippen LogP contribution in [0.25, 0.3) is 0 Å². The maximum absolute atomic E-state index is 13.9. The summed E-state index contributed by atoms with van der Waals surface area (Å²) in [6.07, 6.45) is 10.7. The number of carbonyl (C=O) groups is 2. The zero-order valence-corrected chi connectivity index (χ0v) is 25.7. The quantitative estimate of drug-likeness (QED) is 0.187. The minimum absolute atomic E-state index is 0.135. The normalized spacial score (nSPS) is 18.5. The van der Waals surface area contributed by atoms with E-state index in [2.05, 4.69) is 6.07 Å². The highest BCUT2D eigenvalue weighted by Crippen LogP contribution is 2.40. The largest absolute Gasteiger partial charge is 0.459 e. The Balaban J connectivity index is 1.97. The highest BCUT2D eigenvalue weighted by Gasteiger charge is 2.49. The highest BCUT2D eigenvalue weighted by molar-refractivity contribution is 7.86. The fourth-order valence-electron chi connectivity index (χ4n) is 5.45. The summed E-state index contributed by atoms with van der Waals surface area (Å²) in [5.74, 6) is -1.32. The molecule has 0 saturated heterocycles. The van der Waals surface area contributed by atoms with E-state index >= 15 is 0 Å². The van der Waals surface area contributed by atoms with Gasteiger partial charge >= 0.3 is 11.9 Å². The Hall–Kier alpha value is -1.93. The van der Waals surface area contributed by atoms with Gasteiger partial charge in [0.25, 0.3) is 10.1 Å². The van der Waals surface area contributed by atoms with Gasteiger partial charge in [0.15, 0.2) is 5.41 Å². The van der Waals surface area contributed by atoms with Crippen LogP contribution in [-0.4, -0.2) is 38.2 Å². The number of hydrogen-bond acceptors (Lipinski definition) is 7. The molecule has 220 valence electrons. The minimum atomic E-state index is -4.30. The Bertz CT molecular complexity index is 1080. The molecule has 2 aliphatic rings. The lowest BCUT2D eigenvalue weighted by Crippen LogP contribution is -2.48. The number of esters is 2. The maximum Gasteiger partial charge on any atom is 0.326 e. The lowest BCUT2D eigenvalue weighted by Gasteiger charge is -2.32. The predicted molar refractivity (Wildman–Crippen MR) is 151 cm³/mol. The standard InChI is InChI=1S/C31H48O7S/c1-29(2,3)37-27(32)31(7,28(33)38-30(4,5)6)21-36-39(34,35)26-20-24(22-14-10-8-11-15-22)18-19-25(26)23-16-12-9-13-17-23/h18-20,22-23H,8-17,21H2,1-7H3. The van der Waals surface area contributed by atoms with Gasteiger partial charge in [0.1, 0.15) is 11.2 Å². The third-order valence-corrected chi connectivity index (χ3v) is 8.95. The molecule has 0 unspecified atom stereocenters. The van der Waals surface area contributed by atoms with Gasteiger partial charge in [-0.2, -0.15) is 8.42 Å². The number of benzene rings is 1. The number of ether oxygens (including phenoxy) is 2. The van der Waals surface area contributed by atoms with E-state index in [9.17, 15) is 18.0 Å². The molecular formula is C31H48O7S. The molecule has 0 aliphatic heterocycles. The second-order valence-electron chi connectivity index (χ2n) is 13.5. The van der Waals surface area contributed by atoms with Crippen LogP contribution >= 0.6 is 0 Å². The summed E-state index contributed by atoms with van der Waals surface area (Å²) in [6, 6.07) is 5.84. The third kappa shape index (κ3) is 8.53. The Morgan fingerprint density at radius 3 is 1.67 bits per heavy atom. The van der Waals surface area contributed by atoms with Crippen molar-refractivity contribution in [2.75, 3.05) is 6.61 Å². The van der Waals surface area contributed by atoms with Crippen LogP contribution in [-0.2, 0) is 33.4 Å². The fraction of sp³-hybridized carbons (Fsp3) is 0.742. The molecule has 0 spiro atoms. The average Bonchev–Trinajstić information content (AvgIpc) is 2.86. The average molecular weight is 565 g/mol. The number of rotatable bonds is 8. The van der Waals surface area contributed by atoms with E-state index in [-0.39, 0.29) is 10.8 Å². The van der Waals surface area contributed by atoms with Crippen LogP contribution in [0, 0.1) is 5.41 Å². The zero-order chi connectivity index (χ0) is 29.1. The topological polar surface area (TPSA) is 96.0 Å². The molecule has 39 heavy (non-hydrogen) atoms. The van der Waals surface area contributed by atoms with Crippen molar-refractivity contribution in [2.24, 2.45) is 5.41 Å². The van der Waals surface area contributed by atoms with Crippen LogP contribution in [0.3, 0.4) is 0 Å². The van der Waals surface area contributed by atoms with Gasteiger partial charge in [0.05, 0.1) is 11.5 Å². The van der Waals surface area contributed by atoms with Crippen LogP contribution < -0.4 is 0 Å². The first-order valence-electron chi connectivity index (χ1n) is 14.5. The molecule has 0 atom stereocenters. The minimum Gasteiger partial charge on any atom is -0.459 e. The highest BCUT2D eigenvalue weighted by atomic mass is 32.2. The lowest BCUT2D eigenvalue weighted by molar-refractivity contribution is -0.185. The summed E-state index contributed by atoms with van der Waals surface area (Å²) in [6.45, 7) is 10.7. The van der Waals surface area contributed by atoms with Gasteiger partial charge in [-0.15, -0.1) is 0 Å². The fourth-order valence-corrected chi connectivity index (χ4v) is 6.77. The van der Waals surface area contributed by atoms with E-state index in [4.69, 9.17) is 13.7 Å². The van der Waals surface area contributed by atoms with Crippen LogP contribution in [0.5, 0.6) is 0 Å². The van der Waals surface area contributed by atoms with E-state index in [1.165, 1.54) is 13.3 Å². The van der Waals surface area contributed by atoms with Crippen molar-refractivity contribution in [3.63, 3.8) is 0 Å². The van der Waals surface area contributed by atoms with Gasteiger partial charge < -0.3 is 9.47 Å². The van der Waals surface area contributed by atoms with Gasteiger partial charge in [0.2, 0.25) is 0 Å². The molecule has 3 rings (SSSR count). The second-order valence-corrected chi connectivity index (χ2v) is 15.1. The van der Waals surface area contributed by atoms with Crippen LogP contribution in [0.2, 0.25) is 0 Å². The van der Waals surface area contributed by atoms with E-state index in [1.54, 1.807) is 47.6 Å². The van der Waals surface area contributed by atoms with Crippen molar-refractivity contribution in [1.82, 2.24) is 0 Å². The molecule has 0 radical (unpaired) electrons. The first-order valence-corrected chi connectivity index (χ1v) is 15.9. The summed E-state index contributed by atoms with van der Waals surface area (Å²) < 4.78 is 44.4. The smallest absolute Gasteiger partial charge is 0.326 e. The van der Waals surface area contributed by atoms with Crippen molar-refractivity contribution in [2.45, 2.75) is 141 Å². The first kappa shape index (κ1) is 31.6. The van der Waals surface area contributed by atoms with Gasteiger partial charge in [-0.25, -0.2) is 0 Å². The molecule has 0 aromatic heterocycles. The van der Waals surface area contributed by atoms with Gasteiger partial charge in [-0.3, -0.25) is 13.8 Å². The summed E-state index contributed by atoms with van der Waals surface area (Å²) in [4.78, 5) is 26.6. The summed E-state index contributed by atoms with van der Waals surface area (Å²) in [7, 11) is -4.30. The maximum atomic E-state index is 13.9. The van der Waals surface area contributed by atoms with Crippen molar-refractivity contribution in [3.05, 3.63) is 29.3 Å². The van der Waals surface area contributed by atoms with Crippen molar-refractivity contribution in [3.8, 4) is 0 Å². The van der Waals surface area contributed by atoms with Crippen LogP contribution in [0.4, 0.5) is 0 Å². The molecule has 0 amide bonds. The van der Waals surface area contributed by atoms with Crippen LogP contribution in [0.1, 0.15) is 136 Å². The van der Waals surface area contributed by atoms with E-state index in [1.807, 2.05) is 6.07 Å².